The van der Waals surface area contributed by atoms with Gasteiger partial charge in [0.05, 0.1) is 0 Å². The molecule has 0 aromatic heterocycles. The van der Waals surface area contributed by atoms with Gasteiger partial charge in [-0.1, -0.05) is 33.6 Å². The van der Waals surface area contributed by atoms with Gasteiger partial charge in [-0.15, -0.1) is 0 Å². The topological polar surface area (TPSA) is 32.5 Å². The summed E-state index contributed by atoms with van der Waals surface area (Å²) in [5.41, 5.74) is 6.88. The van der Waals surface area contributed by atoms with Crippen LogP contribution in [0.25, 0.3) is 0 Å². The lowest BCUT2D eigenvalue weighted by molar-refractivity contribution is -0.0633. The zero-order valence-electron chi connectivity index (χ0n) is 14.1. The molecule has 1 saturated carbocycles. The van der Waals surface area contributed by atoms with Crippen molar-refractivity contribution in [2.45, 2.75) is 70.9 Å². The fourth-order valence-corrected chi connectivity index (χ4v) is 4.70. The fraction of sp³-hybridized carbons (Fsp3) is 1.00. The van der Waals surface area contributed by atoms with Crippen molar-refractivity contribution in [1.29, 1.82) is 0 Å². The van der Waals surface area contributed by atoms with Crippen LogP contribution in [-0.4, -0.2) is 54.6 Å². The zero-order valence-corrected chi connectivity index (χ0v) is 14.1. The molecule has 1 heterocycles. The molecule has 2 fully saturated rings. The Balaban J connectivity index is 2.10. The Labute approximate surface area is 125 Å². The molecule has 1 atom stereocenters. The second-order valence-electron chi connectivity index (χ2n) is 7.60. The minimum Gasteiger partial charge on any atom is -0.329 e. The molecule has 2 N–H and O–H groups in total. The van der Waals surface area contributed by atoms with Crippen molar-refractivity contribution in [3.05, 3.63) is 0 Å². The van der Waals surface area contributed by atoms with Crippen molar-refractivity contribution in [1.82, 2.24) is 9.80 Å². The van der Waals surface area contributed by atoms with E-state index in [2.05, 4.69) is 37.6 Å². The predicted molar refractivity (Wildman–Crippen MR) is 86.9 cm³/mol. The van der Waals surface area contributed by atoms with E-state index in [0.717, 1.165) is 12.6 Å². The average Bonchev–Trinajstić information content (AvgIpc) is 2.46. The van der Waals surface area contributed by atoms with E-state index in [4.69, 9.17) is 5.73 Å². The number of nitrogens with zero attached hydrogens (tertiary/aromatic N) is 2. The Morgan fingerprint density at radius 1 is 1.15 bits per heavy atom. The van der Waals surface area contributed by atoms with E-state index in [1.54, 1.807) is 0 Å². The Hall–Kier alpha value is -0.120. The van der Waals surface area contributed by atoms with Gasteiger partial charge in [-0.25, -0.2) is 0 Å². The Morgan fingerprint density at radius 2 is 1.75 bits per heavy atom. The number of likely N-dealkylation sites (tertiary alicyclic amines) is 1. The molecule has 3 nitrogen and oxygen atoms in total. The average molecular weight is 281 g/mol. The highest BCUT2D eigenvalue weighted by molar-refractivity contribution is 5.06. The van der Waals surface area contributed by atoms with Gasteiger partial charge in [-0.3, -0.25) is 4.90 Å². The molecule has 0 bridgehead atoms. The molecule has 0 aromatic rings. The zero-order chi connectivity index (χ0) is 14.8. The maximum Gasteiger partial charge on any atom is 0.0382 e. The maximum absolute atomic E-state index is 6.32. The minimum atomic E-state index is 0.213. The maximum atomic E-state index is 6.32. The highest BCUT2D eigenvalue weighted by Gasteiger charge is 2.50. The third-order valence-electron chi connectivity index (χ3n) is 6.47. The van der Waals surface area contributed by atoms with Crippen LogP contribution in [0.1, 0.15) is 59.3 Å². The van der Waals surface area contributed by atoms with E-state index in [-0.39, 0.29) is 5.54 Å². The van der Waals surface area contributed by atoms with Crippen molar-refractivity contribution in [3.8, 4) is 0 Å². The van der Waals surface area contributed by atoms with E-state index >= 15 is 0 Å². The molecular formula is C17H35N3. The van der Waals surface area contributed by atoms with Gasteiger partial charge in [0.15, 0.2) is 0 Å². The monoisotopic (exact) mass is 281 g/mol. The van der Waals surface area contributed by atoms with Gasteiger partial charge < -0.3 is 10.6 Å². The van der Waals surface area contributed by atoms with Gasteiger partial charge in [-0.2, -0.15) is 0 Å². The Bertz CT molecular complexity index is 307. The van der Waals surface area contributed by atoms with E-state index in [1.165, 1.54) is 58.2 Å². The second-order valence-corrected chi connectivity index (χ2v) is 7.60. The summed E-state index contributed by atoms with van der Waals surface area (Å²) in [6.45, 7) is 11.7. The van der Waals surface area contributed by atoms with Crippen molar-refractivity contribution in [2.75, 3.05) is 33.2 Å². The normalized spacial score (nSPS) is 32.7. The largest absolute Gasteiger partial charge is 0.329 e. The van der Waals surface area contributed by atoms with Gasteiger partial charge in [0.2, 0.25) is 0 Å². The van der Waals surface area contributed by atoms with Gasteiger partial charge in [0.25, 0.3) is 0 Å². The minimum absolute atomic E-state index is 0.213. The molecule has 0 aromatic carbocycles. The van der Waals surface area contributed by atoms with Gasteiger partial charge in [0.1, 0.15) is 0 Å². The third-order valence-corrected chi connectivity index (χ3v) is 6.47. The van der Waals surface area contributed by atoms with Crippen molar-refractivity contribution in [3.63, 3.8) is 0 Å². The first-order chi connectivity index (χ1) is 9.47. The number of rotatable bonds is 4. The first kappa shape index (κ1) is 16.3. The lowest BCUT2D eigenvalue weighted by atomic mass is 9.61. The molecule has 2 rings (SSSR count). The lowest BCUT2D eigenvalue weighted by Crippen LogP contribution is -2.65. The third kappa shape index (κ3) is 2.77. The summed E-state index contributed by atoms with van der Waals surface area (Å²) in [7, 11) is 2.35. The Kier molecular flexibility index (Phi) is 5.14. The number of likely N-dealkylation sites (N-methyl/N-ethyl adjacent to an activating group) is 1. The summed E-state index contributed by atoms with van der Waals surface area (Å²) in [4.78, 5) is 5.27. The van der Waals surface area contributed by atoms with E-state index in [1.807, 2.05) is 0 Å². The molecule has 1 aliphatic heterocycles. The summed E-state index contributed by atoms with van der Waals surface area (Å²) >= 11 is 0. The number of nitrogens with two attached hydrogens (primary N) is 1. The molecule has 0 radical (unpaired) electrons. The summed E-state index contributed by atoms with van der Waals surface area (Å²) in [6.07, 6.45) is 7.93. The van der Waals surface area contributed by atoms with Crippen LogP contribution in [0.15, 0.2) is 0 Å². The summed E-state index contributed by atoms with van der Waals surface area (Å²) in [5, 5.41) is 0. The first-order valence-electron chi connectivity index (χ1n) is 8.62. The summed E-state index contributed by atoms with van der Waals surface area (Å²) in [6, 6.07) is 0.721. The van der Waals surface area contributed by atoms with Crippen molar-refractivity contribution >= 4 is 0 Å². The fourth-order valence-electron chi connectivity index (χ4n) is 4.70. The van der Waals surface area contributed by atoms with E-state index < -0.39 is 0 Å². The molecular weight excluding hydrogens is 246 g/mol. The van der Waals surface area contributed by atoms with Crippen LogP contribution >= 0.6 is 0 Å². The highest BCUT2D eigenvalue weighted by atomic mass is 15.2. The molecule has 1 unspecified atom stereocenters. The quantitative estimate of drug-likeness (QED) is 0.860. The van der Waals surface area contributed by atoms with E-state index in [0.29, 0.717) is 5.41 Å². The SMILES string of the molecule is CCN1CCC(N(C)C2(CN)CCCCC2(C)C)CC1. The summed E-state index contributed by atoms with van der Waals surface area (Å²) in [5.74, 6) is 0. The van der Waals surface area contributed by atoms with Gasteiger partial charge in [0, 0.05) is 18.1 Å². The molecule has 1 aliphatic carbocycles. The molecule has 0 amide bonds. The molecule has 20 heavy (non-hydrogen) atoms. The predicted octanol–water partition coefficient (Wildman–Crippen LogP) is 2.70. The molecule has 1 saturated heterocycles. The van der Waals surface area contributed by atoms with Crippen LogP contribution in [0.4, 0.5) is 0 Å². The van der Waals surface area contributed by atoms with Crippen LogP contribution in [-0.2, 0) is 0 Å². The number of hydrogen-bond acceptors (Lipinski definition) is 3. The van der Waals surface area contributed by atoms with E-state index in [9.17, 15) is 0 Å². The number of hydrogen-bond donors (Lipinski definition) is 1. The highest BCUT2D eigenvalue weighted by Crippen LogP contribution is 2.47. The molecule has 118 valence electrons. The molecule has 3 heteroatoms. The van der Waals surface area contributed by atoms with Crippen LogP contribution in [0.2, 0.25) is 0 Å². The molecule has 0 spiro atoms. The van der Waals surface area contributed by atoms with Crippen molar-refractivity contribution < 1.29 is 0 Å². The second kappa shape index (κ2) is 6.33. The lowest BCUT2D eigenvalue weighted by Gasteiger charge is -2.58. The smallest absolute Gasteiger partial charge is 0.0382 e. The van der Waals surface area contributed by atoms with Gasteiger partial charge >= 0.3 is 0 Å². The first-order valence-corrected chi connectivity index (χ1v) is 8.62. The van der Waals surface area contributed by atoms with Crippen LogP contribution in [0.3, 0.4) is 0 Å². The summed E-state index contributed by atoms with van der Waals surface area (Å²) < 4.78 is 0. The number of piperidine rings is 1. The van der Waals surface area contributed by atoms with Crippen LogP contribution in [0.5, 0.6) is 0 Å². The van der Waals surface area contributed by atoms with Gasteiger partial charge in [-0.05, 0) is 57.8 Å². The molecule has 2 aliphatic rings. The Morgan fingerprint density at radius 3 is 2.25 bits per heavy atom. The van der Waals surface area contributed by atoms with Crippen LogP contribution in [0, 0.1) is 5.41 Å². The van der Waals surface area contributed by atoms with Crippen LogP contribution < -0.4 is 5.73 Å². The van der Waals surface area contributed by atoms with Crippen molar-refractivity contribution in [2.24, 2.45) is 11.1 Å². The standard InChI is InChI=1S/C17H35N3/c1-5-20-12-8-15(9-13-20)19(4)17(14-18)11-7-6-10-16(17,2)3/h15H,5-14,18H2,1-4H3.